The molecule has 1 rings (SSSR count). The van der Waals surface area contributed by atoms with Gasteiger partial charge in [-0.05, 0) is 18.9 Å². The Hall–Kier alpha value is -1.59. The molecular weight excluding hydrogens is 266 g/mol. The van der Waals surface area contributed by atoms with Gasteiger partial charge in [-0.25, -0.2) is 0 Å². The van der Waals surface area contributed by atoms with Crippen LogP contribution in [-0.2, 0) is 9.47 Å². The molecule has 0 spiro atoms. The maximum absolute atomic E-state index is 5.82. The molecule has 0 aliphatic rings. The number of hydrogen-bond donors (Lipinski definition) is 2. The van der Waals surface area contributed by atoms with Crippen LogP contribution >= 0.6 is 0 Å². The van der Waals surface area contributed by atoms with Crippen LogP contribution in [0.5, 0.6) is 0 Å². The van der Waals surface area contributed by atoms with E-state index in [0.29, 0.717) is 6.61 Å². The fourth-order valence-corrected chi connectivity index (χ4v) is 1.85. The number of guanidine groups is 1. The summed E-state index contributed by atoms with van der Waals surface area (Å²) in [5, 5.41) is 6.41. The minimum Gasteiger partial charge on any atom is -0.383 e. The van der Waals surface area contributed by atoms with Gasteiger partial charge in [0.2, 0.25) is 0 Å². The monoisotopic (exact) mass is 293 g/mol. The normalized spacial score (nSPS) is 13.0. The first kappa shape index (κ1) is 17.5. The van der Waals surface area contributed by atoms with Crippen molar-refractivity contribution in [1.82, 2.24) is 10.6 Å². The molecule has 1 atom stereocenters. The summed E-state index contributed by atoms with van der Waals surface area (Å²) in [6, 6.07) is 10.3. The van der Waals surface area contributed by atoms with E-state index >= 15 is 0 Å². The number of methoxy groups -OCH3 is 1. The molecule has 0 saturated carbocycles. The summed E-state index contributed by atoms with van der Waals surface area (Å²) in [4.78, 5) is 4.14. The van der Waals surface area contributed by atoms with Crippen LogP contribution in [0.1, 0.15) is 25.0 Å². The number of nitrogens with one attached hydrogen (secondary N) is 2. The van der Waals surface area contributed by atoms with Gasteiger partial charge in [0.1, 0.15) is 0 Å². The highest BCUT2D eigenvalue weighted by atomic mass is 16.5. The third-order valence-corrected chi connectivity index (χ3v) is 3.07. The lowest BCUT2D eigenvalue weighted by Gasteiger charge is -2.14. The molecule has 0 aliphatic heterocycles. The van der Waals surface area contributed by atoms with Crippen molar-refractivity contribution < 1.29 is 9.47 Å². The number of benzene rings is 1. The van der Waals surface area contributed by atoms with E-state index in [0.717, 1.165) is 32.1 Å². The predicted molar refractivity (Wildman–Crippen MR) is 86.7 cm³/mol. The van der Waals surface area contributed by atoms with Gasteiger partial charge in [-0.1, -0.05) is 30.3 Å². The molecule has 1 unspecified atom stereocenters. The summed E-state index contributed by atoms with van der Waals surface area (Å²) in [7, 11) is 3.44. The van der Waals surface area contributed by atoms with E-state index in [9.17, 15) is 0 Å². The first-order chi connectivity index (χ1) is 10.3. The van der Waals surface area contributed by atoms with Gasteiger partial charge in [0.05, 0.1) is 12.7 Å². The largest absolute Gasteiger partial charge is 0.383 e. The Morgan fingerprint density at radius 3 is 2.52 bits per heavy atom. The Kier molecular flexibility index (Phi) is 9.24. The van der Waals surface area contributed by atoms with Gasteiger partial charge in [-0.2, -0.15) is 0 Å². The van der Waals surface area contributed by atoms with Gasteiger partial charge < -0.3 is 20.1 Å². The topological polar surface area (TPSA) is 54.9 Å². The lowest BCUT2D eigenvalue weighted by atomic mass is 10.1. The smallest absolute Gasteiger partial charge is 0.191 e. The number of hydrogen-bond acceptors (Lipinski definition) is 3. The molecular formula is C16H27N3O2. The molecule has 2 N–H and O–H groups in total. The molecule has 0 bridgehead atoms. The molecule has 0 aromatic heterocycles. The quantitative estimate of drug-likeness (QED) is 0.415. The molecule has 21 heavy (non-hydrogen) atoms. The van der Waals surface area contributed by atoms with Gasteiger partial charge in [0.15, 0.2) is 5.96 Å². The molecule has 5 heteroatoms. The highest BCUT2D eigenvalue weighted by Gasteiger charge is 2.04. The fourth-order valence-electron chi connectivity index (χ4n) is 1.85. The van der Waals surface area contributed by atoms with E-state index < -0.39 is 0 Å². The highest BCUT2D eigenvalue weighted by molar-refractivity contribution is 5.79. The van der Waals surface area contributed by atoms with E-state index in [2.05, 4.69) is 34.7 Å². The fraction of sp³-hybridized carbons (Fsp3) is 0.562. The first-order valence-corrected chi connectivity index (χ1v) is 7.38. The highest BCUT2D eigenvalue weighted by Crippen LogP contribution is 2.15. The molecule has 5 nitrogen and oxygen atoms in total. The summed E-state index contributed by atoms with van der Waals surface area (Å²) >= 11 is 0. The second-order valence-electron chi connectivity index (χ2n) is 4.70. The number of rotatable bonds is 9. The third kappa shape index (κ3) is 7.68. The Bertz CT molecular complexity index is 396. The van der Waals surface area contributed by atoms with Crippen molar-refractivity contribution in [3.63, 3.8) is 0 Å². The zero-order valence-electron chi connectivity index (χ0n) is 13.3. The molecule has 118 valence electrons. The summed E-state index contributed by atoms with van der Waals surface area (Å²) < 4.78 is 10.8. The maximum atomic E-state index is 5.82. The standard InChI is InChI=1S/C16H27N3O2/c1-14(15-8-5-4-6-9-15)21-12-7-10-18-16(17-2)19-11-13-20-3/h4-6,8-9,14H,7,10-13H2,1-3H3,(H2,17,18,19). The van der Waals surface area contributed by atoms with Crippen molar-refractivity contribution in [3.8, 4) is 0 Å². The van der Waals surface area contributed by atoms with Crippen LogP contribution in [-0.4, -0.2) is 46.4 Å². The summed E-state index contributed by atoms with van der Waals surface area (Å²) in [5.41, 5.74) is 1.21. The van der Waals surface area contributed by atoms with E-state index in [1.54, 1.807) is 14.2 Å². The van der Waals surface area contributed by atoms with Gasteiger partial charge >= 0.3 is 0 Å². The van der Waals surface area contributed by atoms with E-state index in [1.807, 2.05) is 18.2 Å². The predicted octanol–water partition coefficient (Wildman–Crippen LogP) is 1.97. The van der Waals surface area contributed by atoms with Gasteiger partial charge in [0.25, 0.3) is 0 Å². The van der Waals surface area contributed by atoms with Crippen LogP contribution in [0, 0.1) is 0 Å². The molecule has 0 heterocycles. The van der Waals surface area contributed by atoms with Gasteiger partial charge in [-0.15, -0.1) is 0 Å². The summed E-state index contributed by atoms with van der Waals surface area (Å²) in [5.74, 6) is 0.795. The van der Waals surface area contributed by atoms with Crippen molar-refractivity contribution in [1.29, 1.82) is 0 Å². The number of ether oxygens (including phenoxy) is 2. The lowest BCUT2D eigenvalue weighted by molar-refractivity contribution is 0.0646. The molecule has 0 saturated heterocycles. The zero-order chi connectivity index (χ0) is 15.3. The average Bonchev–Trinajstić information content (AvgIpc) is 2.53. The van der Waals surface area contributed by atoms with Crippen LogP contribution < -0.4 is 10.6 Å². The van der Waals surface area contributed by atoms with E-state index in [-0.39, 0.29) is 6.10 Å². The van der Waals surface area contributed by atoms with Gasteiger partial charge in [-0.3, -0.25) is 4.99 Å². The Balaban J connectivity index is 2.11. The second kappa shape index (κ2) is 11.1. The molecule has 0 fully saturated rings. The van der Waals surface area contributed by atoms with Gasteiger partial charge in [0, 0.05) is 33.9 Å². The van der Waals surface area contributed by atoms with Crippen LogP contribution in [0.4, 0.5) is 0 Å². The minimum atomic E-state index is 0.130. The molecule has 0 radical (unpaired) electrons. The first-order valence-electron chi connectivity index (χ1n) is 7.38. The van der Waals surface area contributed by atoms with Crippen molar-refractivity contribution in [2.24, 2.45) is 4.99 Å². The average molecular weight is 293 g/mol. The maximum Gasteiger partial charge on any atom is 0.191 e. The lowest BCUT2D eigenvalue weighted by Crippen LogP contribution is -2.39. The van der Waals surface area contributed by atoms with E-state index in [1.165, 1.54) is 5.56 Å². The zero-order valence-corrected chi connectivity index (χ0v) is 13.3. The Labute approximate surface area is 127 Å². The van der Waals surface area contributed by atoms with Crippen LogP contribution in [0.3, 0.4) is 0 Å². The Morgan fingerprint density at radius 2 is 1.86 bits per heavy atom. The van der Waals surface area contributed by atoms with Crippen molar-refractivity contribution in [2.75, 3.05) is 40.5 Å². The Morgan fingerprint density at radius 1 is 1.14 bits per heavy atom. The van der Waals surface area contributed by atoms with Crippen molar-refractivity contribution >= 4 is 5.96 Å². The van der Waals surface area contributed by atoms with Crippen LogP contribution in [0.2, 0.25) is 0 Å². The SMILES string of the molecule is CN=C(NCCCOC(C)c1ccccc1)NCCOC. The summed E-state index contributed by atoms with van der Waals surface area (Å²) in [6.07, 6.45) is 1.06. The third-order valence-electron chi connectivity index (χ3n) is 3.07. The molecule has 1 aromatic carbocycles. The molecule has 0 amide bonds. The number of nitrogens with zero attached hydrogens (tertiary/aromatic N) is 1. The summed E-state index contributed by atoms with van der Waals surface area (Å²) in [6.45, 7) is 5.04. The minimum absolute atomic E-state index is 0.130. The van der Waals surface area contributed by atoms with Crippen LogP contribution in [0.25, 0.3) is 0 Å². The van der Waals surface area contributed by atoms with Crippen molar-refractivity contribution in [3.05, 3.63) is 35.9 Å². The molecule has 0 aliphatic carbocycles. The van der Waals surface area contributed by atoms with E-state index in [4.69, 9.17) is 9.47 Å². The van der Waals surface area contributed by atoms with Crippen molar-refractivity contribution in [2.45, 2.75) is 19.4 Å². The van der Waals surface area contributed by atoms with Crippen LogP contribution in [0.15, 0.2) is 35.3 Å². The molecule has 1 aromatic rings. The number of aliphatic imine (C=N–C) groups is 1. The second-order valence-corrected chi connectivity index (χ2v) is 4.70.